The zero-order valence-corrected chi connectivity index (χ0v) is 11.6. The molecule has 0 bridgehead atoms. The van der Waals surface area contributed by atoms with Gasteiger partial charge in [-0.1, -0.05) is 20.3 Å². The number of ether oxygens (including phenoxy) is 1. The van der Waals surface area contributed by atoms with Gasteiger partial charge in [0.25, 0.3) is 0 Å². The van der Waals surface area contributed by atoms with Gasteiger partial charge in [0.2, 0.25) is 5.88 Å². The Morgan fingerprint density at radius 3 is 2.83 bits per heavy atom. The van der Waals surface area contributed by atoms with Gasteiger partial charge >= 0.3 is 0 Å². The van der Waals surface area contributed by atoms with E-state index >= 15 is 0 Å². The number of rotatable bonds is 7. The number of anilines is 1. The van der Waals surface area contributed by atoms with Gasteiger partial charge in [-0.3, -0.25) is 0 Å². The predicted molar refractivity (Wildman–Crippen MR) is 73.1 cm³/mol. The van der Waals surface area contributed by atoms with Crippen molar-refractivity contribution in [3.05, 3.63) is 11.9 Å². The van der Waals surface area contributed by atoms with Crippen molar-refractivity contribution >= 4 is 5.82 Å². The monoisotopic (exact) mass is 249 g/mol. The van der Waals surface area contributed by atoms with E-state index in [4.69, 9.17) is 4.74 Å². The summed E-state index contributed by atoms with van der Waals surface area (Å²) >= 11 is 0. The predicted octanol–water partition coefficient (Wildman–Crippen LogP) is 3.21. The lowest BCUT2D eigenvalue weighted by atomic mass is 10.1. The maximum absolute atomic E-state index is 5.79. The Morgan fingerprint density at radius 2 is 2.22 bits per heavy atom. The Morgan fingerprint density at radius 1 is 1.44 bits per heavy atom. The first-order chi connectivity index (χ1) is 8.72. The molecular formula is C14H23N3O. The van der Waals surface area contributed by atoms with Gasteiger partial charge < -0.3 is 10.1 Å². The molecule has 0 aromatic carbocycles. The number of nitrogens with one attached hydrogen (secondary N) is 1. The molecule has 18 heavy (non-hydrogen) atoms. The number of hydrogen-bond acceptors (Lipinski definition) is 4. The van der Waals surface area contributed by atoms with E-state index < -0.39 is 0 Å². The summed E-state index contributed by atoms with van der Waals surface area (Å²) in [5.41, 5.74) is 0. The molecule has 4 nitrogen and oxygen atoms in total. The van der Waals surface area contributed by atoms with Crippen molar-refractivity contribution in [3.63, 3.8) is 0 Å². The third-order valence-electron chi connectivity index (χ3n) is 3.22. The van der Waals surface area contributed by atoms with Crippen LogP contribution in [-0.4, -0.2) is 23.6 Å². The first kappa shape index (κ1) is 13.1. The average Bonchev–Trinajstić information content (AvgIpc) is 3.20. The van der Waals surface area contributed by atoms with Crippen molar-refractivity contribution in [1.29, 1.82) is 0 Å². The maximum atomic E-state index is 5.79. The minimum absolute atomic E-state index is 0.550. The third-order valence-corrected chi connectivity index (χ3v) is 3.22. The van der Waals surface area contributed by atoms with E-state index in [2.05, 4.69) is 29.1 Å². The second kappa shape index (κ2) is 6.03. The molecule has 100 valence electrons. The molecule has 0 amide bonds. The number of nitrogens with zero attached hydrogens (tertiary/aromatic N) is 2. The van der Waals surface area contributed by atoms with Crippen LogP contribution in [0.25, 0.3) is 0 Å². The third kappa shape index (κ3) is 3.59. The Hall–Kier alpha value is -1.32. The minimum Gasteiger partial charge on any atom is -0.477 e. The summed E-state index contributed by atoms with van der Waals surface area (Å²) < 4.78 is 5.79. The molecule has 1 N–H and O–H groups in total. The highest BCUT2D eigenvalue weighted by atomic mass is 16.5. The van der Waals surface area contributed by atoms with Crippen LogP contribution < -0.4 is 10.1 Å². The summed E-state index contributed by atoms with van der Waals surface area (Å²) in [7, 11) is 1.88. The molecule has 0 saturated heterocycles. The van der Waals surface area contributed by atoms with E-state index in [-0.39, 0.29) is 0 Å². The molecule has 0 aliphatic heterocycles. The van der Waals surface area contributed by atoms with E-state index in [1.54, 1.807) is 0 Å². The number of aromatic nitrogens is 2. The van der Waals surface area contributed by atoms with Gasteiger partial charge in [0.15, 0.2) is 0 Å². The standard InChI is InChI=1S/C14H23N3O/c1-4-5-10(2)9-18-13-8-12(15-3)16-14(17-13)11-6-7-11/h8,10-11H,4-7,9H2,1-3H3,(H,15,16,17). The minimum atomic E-state index is 0.550. The van der Waals surface area contributed by atoms with E-state index in [1.165, 1.54) is 25.7 Å². The van der Waals surface area contributed by atoms with Crippen molar-refractivity contribution in [2.45, 2.75) is 45.4 Å². The lowest BCUT2D eigenvalue weighted by molar-refractivity contribution is 0.242. The molecule has 1 atom stereocenters. The summed E-state index contributed by atoms with van der Waals surface area (Å²) in [6.07, 6.45) is 4.81. The Kier molecular flexibility index (Phi) is 4.39. The van der Waals surface area contributed by atoms with Gasteiger partial charge in [0.1, 0.15) is 11.6 Å². The highest BCUT2D eigenvalue weighted by molar-refractivity contribution is 5.38. The summed E-state index contributed by atoms with van der Waals surface area (Å²) in [4.78, 5) is 8.98. The Balaban J connectivity index is 2.00. The van der Waals surface area contributed by atoms with Crippen molar-refractivity contribution in [3.8, 4) is 5.88 Å². The van der Waals surface area contributed by atoms with Crippen molar-refractivity contribution in [2.24, 2.45) is 5.92 Å². The normalized spacial score (nSPS) is 16.4. The summed E-state index contributed by atoms with van der Waals surface area (Å²) in [6.45, 7) is 5.15. The average molecular weight is 249 g/mol. The SMILES string of the molecule is CCCC(C)COc1cc(NC)nc(C2CC2)n1. The molecule has 1 aliphatic rings. The van der Waals surface area contributed by atoms with Crippen LogP contribution in [-0.2, 0) is 0 Å². The smallest absolute Gasteiger partial charge is 0.218 e. The van der Waals surface area contributed by atoms with Crippen LogP contribution in [0.15, 0.2) is 6.07 Å². The Labute approximate surface area is 109 Å². The molecule has 1 heterocycles. The largest absolute Gasteiger partial charge is 0.477 e. The van der Waals surface area contributed by atoms with E-state index in [0.29, 0.717) is 17.7 Å². The fourth-order valence-corrected chi connectivity index (χ4v) is 1.97. The first-order valence-electron chi connectivity index (χ1n) is 6.92. The Bertz CT molecular complexity index is 391. The highest BCUT2D eigenvalue weighted by Gasteiger charge is 2.27. The molecule has 1 saturated carbocycles. The van der Waals surface area contributed by atoms with Gasteiger partial charge in [-0.15, -0.1) is 0 Å². The first-order valence-corrected chi connectivity index (χ1v) is 6.92. The number of hydrogen-bond donors (Lipinski definition) is 1. The van der Waals surface area contributed by atoms with Gasteiger partial charge in [0.05, 0.1) is 6.61 Å². The van der Waals surface area contributed by atoms with E-state index in [9.17, 15) is 0 Å². The molecule has 1 aliphatic carbocycles. The van der Waals surface area contributed by atoms with Crippen LogP contribution >= 0.6 is 0 Å². The second-order valence-corrected chi connectivity index (χ2v) is 5.18. The highest BCUT2D eigenvalue weighted by Crippen LogP contribution is 2.39. The topological polar surface area (TPSA) is 47.0 Å². The van der Waals surface area contributed by atoms with Gasteiger partial charge in [-0.2, -0.15) is 4.98 Å². The molecule has 1 fully saturated rings. The fraction of sp³-hybridized carbons (Fsp3) is 0.714. The summed E-state index contributed by atoms with van der Waals surface area (Å²) in [5, 5.41) is 3.07. The van der Waals surface area contributed by atoms with Gasteiger partial charge in [0, 0.05) is 19.0 Å². The second-order valence-electron chi connectivity index (χ2n) is 5.18. The van der Waals surface area contributed by atoms with Crippen LogP contribution in [0.5, 0.6) is 5.88 Å². The summed E-state index contributed by atoms with van der Waals surface area (Å²) in [5.74, 6) is 3.62. The maximum Gasteiger partial charge on any atom is 0.218 e. The molecule has 1 aromatic heterocycles. The zero-order chi connectivity index (χ0) is 13.0. The molecule has 2 rings (SSSR count). The van der Waals surface area contributed by atoms with Gasteiger partial charge in [-0.05, 0) is 25.2 Å². The molecule has 4 heteroatoms. The summed E-state index contributed by atoms with van der Waals surface area (Å²) in [6, 6.07) is 1.88. The quantitative estimate of drug-likeness (QED) is 0.806. The van der Waals surface area contributed by atoms with Crippen LogP contribution in [0.1, 0.15) is 51.3 Å². The van der Waals surface area contributed by atoms with Crippen LogP contribution in [0, 0.1) is 5.92 Å². The fourth-order valence-electron chi connectivity index (χ4n) is 1.97. The molecule has 0 spiro atoms. The van der Waals surface area contributed by atoms with E-state index in [0.717, 1.165) is 18.2 Å². The molecule has 0 radical (unpaired) electrons. The molecule has 1 aromatic rings. The van der Waals surface area contributed by atoms with Crippen LogP contribution in [0.2, 0.25) is 0 Å². The van der Waals surface area contributed by atoms with Crippen LogP contribution in [0.3, 0.4) is 0 Å². The van der Waals surface area contributed by atoms with E-state index in [1.807, 2.05) is 13.1 Å². The van der Waals surface area contributed by atoms with Crippen molar-refractivity contribution in [2.75, 3.05) is 19.0 Å². The van der Waals surface area contributed by atoms with Crippen LogP contribution in [0.4, 0.5) is 5.82 Å². The van der Waals surface area contributed by atoms with Gasteiger partial charge in [-0.25, -0.2) is 4.98 Å². The lowest BCUT2D eigenvalue weighted by Gasteiger charge is -2.12. The van der Waals surface area contributed by atoms with Crippen molar-refractivity contribution in [1.82, 2.24) is 9.97 Å². The molecular weight excluding hydrogens is 226 g/mol. The zero-order valence-electron chi connectivity index (χ0n) is 11.6. The molecule has 1 unspecified atom stereocenters. The lowest BCUT2D eigenvalue weighted by Crippen LogP contribution is -2.10. The van der Waals surface area contributed by atoms with Crippen molar-refractivity contribution < 1.29 is 4.74 Å².